The summed E-state index contributed by atoms with van der Waals surface area (Å²) >= 11 is 2.02. The molecule has 2 aliphatic rings. The summed E-state index contributed by atoms with van der Waals surface area (Å²) in [5.41, 5.74) is 5.84. The molecular formula is C12H22N2OS. The van der Waals surface area contributed by atoms with Gasteiger partial charge in [-0.15, -0.1) is 0 Å². The molecule has 4 heteroatoms. The molecular weight excluding hydrogens is 220 g/mol. The number of rotatable bonds is 2. The minimum atomic E-state index is 0.315. The predicted molar refractivity (Wildman–Crippen MR) is 68.5 cm³/mol. The third kappa shape index (κ3) is 3.39. The fourth-order valence-electron chi connectivity index (χ4n) is 2.48. The van der Waals surface area contributed by atoms with Crippen molar-refractivity contribution in [3.05, 3.63) is 0 Å². The summed E-state index contributed by atoms with van der Waals surface area (Å²) in [6.07, 6.45) is 5.18. The molecule has 2 saturated heterocycles. The van der Waals surface area contributed by atoms with Gasteiger partial charge in [-0.2, -0.15) is 11.8 Å². The third-order valence-corrected chi connectivity index (χ3v) is 4.75. The van der Waals surface area contributed by atoms with Crippen molar-refractivity contribution in [2.75, 3.05) is 24.6 Å². The summed E-state index contributed by atoms with van der Waals surface area (Å²) in [6, 6.07) is 0.315. The van der Waals surface area contributed by atoms with Crippen LogP contribution in [0.3, 0.4) is 0 Å². The quantitative estimate of drug-likeness (QED) is 0.797. The van der Waals surface area contributed by atoms with Crippen molar-refractivity contribution in [2.45, 2.75) is 38.1 Å². The fraction of sp³-hybridized carbons (Fsp3) is 0.917. The van der Waals surface area contributed by atoms with E-state index in [4.69, 9.17) is 5.73 Å². The van der Waals surface area contributed by atoms with Crippen LogP contribution in [0.5, 0.6) is 0 Å². The Kier molecular flexibility index (Phi) is 4.53. The molecule has 2 rings (SSSR count). The summed E-state index contributed by atoms with van der Waals surface area (Å²) in [5, 5.41) is 0. The molecule has 2 aliphatic heterocycles. The van der Waals surface area contributed by atoms with Crippen LogP contribution in [0.15, 0.2) is 0 Å². The standard InChI is InChI=1S/C12H22N2OS/c13-11-1-5-14(6-2-11)12(15)9-10-3-7-16-8-4-10/h10-11H,1-9,13H2. The Hall–Kier alpha value is -0.220. The second-order valence-electron chi connectivity index (χ2n) is 4.98. The first kappa shape index (κ1) is 12.2. The van der Waals surface area contributed by atoms with Gasteiger partial charge in [0.15, 0.2) is 0 Å². The highest BCUT2D eigenvalue weighted by atomic mass is 32.2. The lowest BCUT2D eigenvalue weighted by molar-refractivity contribution is -0.133. The number of amides is 1. The first-order chi connectivity index (χ1) is 7.75. The van der Waals surface area contributed by atoms with Crippen molar-refractivity contribution in [1.82, 2.24) is 4.90 Å². The Bertz CT molecular complexity index is 233. The van der Waals surface area contributed by atoms with Crippen LogP contribution >= 0.6 is 11.8 Å². The van der Waals surface area contributed by atoms with Gasteiger partial charge in [-0.3, -0.25) is 4.79 Å². The van der Waals surface area contributed by atoms with E-state index >= 15 is 0 Å². The number of nitrogens with two attached hydrogens (primary N) is 1. The van der Waals surface area contributed by atoms with E-state index in [1.54, 1.807) is 0 Å². The zero-order chi connectivity index (χ0) is 11.4. The Labute approximate surface area is 102 Å². The summed E-state index contributed by atoms with van der Waals surface area (Å²) < 4.78 is 0. The zero-order valence-electron chi connectivity index (χ0n) is 9.86. The van der Waals surface area contributed by atoms with Crippen LogP contribution in [0.4, 0.5) is 0 Å². The molecule has 92 valence electrons. The largest absolute Gasteiger partial charge is 0.343 e. The molecule has 0 radical (unpaired) electrons. The van der Waals surface area contributed by atoms with Gasteiger partial charge in [-0.05, 0) is 43.1 Å². The van der Waals surface area contributed by atoms with Crippen LogP contribution in [-0.4, -0.2) is 41.4 Å². The van der Waals surface area contributed by atoms with Gasteiger partial charge in [0.05, 0.1) is 0 Å². The summed E-state index contributed by atoms with van der Waals surface area (Å²) in [4.78, 5) is 14.1. The topological polar surface area (TPSA) is 46.3 Å². The van der Waals surface area contributed by atoms with Crippen LogP contribution in [0.25, 0.3) is 0 Å². The maximum Gasteiger partial charge on any atom is 0.222 e. The summed E-state index contributed by atoms with van der Waals surface area (Å²) in [5.74, 6) is 3.49. The monoisotopic (exact) mass is 242 g/mol. The predicted octanol–water partition coefficient (Wildman–Crippen LogP) is 1.47. The second-order valence-corrected chi connectivity index (χ2v) is 6.20. The molecule has 0 saturated carbocycles. The van der Waals surface area contributed by atoms with Crippen molar-refractivity contribution in [1.29, 1.82) is 0 Å². The zero-order valence-corrected chi connectivity index (χ0v) is 10.7. The first-order valence-corrected chi connectivity index (χ1v) is 7.52. The molecule has 1 amide bonds. The highest BCUT2D eigenvalue weighted by Gasteiger charge is 2.24. The minimum absolute atomic E-state index is 0.315. The molecule has 2 N–H and O–H groups in total. The van der Waals surface area contributed by atoms with E-state index in [2.05, 4.69) is 0 Å². The molecule has 0 spiro atoms. The number of likely N-dealkylation sites (tertiary alicyclic amines) is 1. The second kappa shape index (κ2) is 5.92. The Balaban J connectivity index is 1.74. The molecule has 0 aromatic carbocycles. The number of piperidine rings is 1. The average Bonchev–Trinajstić information content (AvgIpc) is 2.31. The minimum Gasteiger partial charge on any atom is -0.343 e. The Morgan fingerprint density at radius 3 is 2.44 bits per heavy atom. The van der Waals surface area contributed by atoms with Crippen LogP contribution in [0.1, 0.15) is 32.1 Å². The molecule has 0 aliphatic carbocycles. The Morgan fingerprint density at radius 1 is 1.19 bits per heavy atom. The maximum absolute atomic E-state index is 12.1. The van der Waals surface area contributed by atoms with E-state index in [1.807, 2.05) is 16.7 Å². The van der Waals surface area contributed by atoms with Crippen molar-refractivity contribution in [2.24, 2.45) is 11.7 Å². The summed E-state index contributed by atoms with van der Waals surface area (Å²) in [7, 11) is 0. The van der Waals surface area contributed by atoms with E-state index in [1.165, 1.54) is 24.3 Å². The molecule has 0 atom stereocenters. The van der Waals surface area contributed by atoms with Crippen LogP contribution < -0.4 is 5.73 Å². The molecule has 16 heavy (non-hydrogen) atoms. The van der Waals surface area contributed by atoms with Gasteiger partial charge in [-0.25, -0.2) is 0 Å². The molecule has 0 unspecified atom stereocenters. The van der Waals surface area contributed by atoms with Crippen molar-refractivity contribution < 1.29 is 4.79 Å². The molecule has 0 aromatic heterocycles. The lowest BCUT2D eigenvalue weighted by atomic mass is 9.97. The van der Waals surface area contributed by atoms with Crippen LogP contribution in [0.2, 0.25) is 0 Å². The molecule has 2 fully saturated rings. The van der Waals surface area contributed by atoms with Gasteiger partial charge in [0, 0.05) is 25.6 Å². The highest BCUT2D eigenvalue weighted by Crippen LogP contribution is 2.26. The number of carbonyl (C=O) groups is 1. The Morgan fingerprint density at radius 2 is 1.81 bits per heavy atom. The molecule has 2 heterocycles. The number of nitrogens with zero attached hydrogens (tertiary/aromatic N) is 1. The SMILES string of the molecule is NC1CCN(C(=O)CC2CCSCC2)CC1. The third-order valence-electron chi connectivity index (χ3n) is 3.70. The van der Waals surface area contributed by atoms with Crippen LogP contribution in [-0.2, 0) is 4.79 Å². The van der Waals surface area contributed by atoms with E-state index in [0.717, 1.165) is 32.4 Å². The van der Waals surface area contributed by atoms with Gasteiger partial charge in [0.2, 0.25) is 5.91 Å². The van der Waals surface area contributed by atoms with Gasteiger partial charge in [-0.1, -0.05) is 0 Å². The number of hydrogen-bond acceptors (Lipinski definition) is 3. The van der Waals surface area contributed by atoms with Gasteiger partial charge >= 0.3 is 0 Å². The fourth-order valence-corrected chi connectivity index (χ4v) is 3.68. The number of thioether (sulfide) groups is 1. The van der Waals surface area contributed by atoms with E-state index in [9.17, 15) is 4.79 Å². The number of carbonyl (C=O) groups excluding carboxylic acids is 1. The average molecular weight is 242 g/mol. The van der Waals surface area contributed by atoms with E-state index in [0.29, 0.717) is 17.9 Å². The first-order valence-electron chi connectivity index (χ1n) is 6.37. The van der Waals surface area contributed by atoms with Crippen molar-refractivity contribution in [3.8, 4) is 0 Å². The van der Waals surface area contributed by atoms with Gasteiger partial charge < -0.3 is 10.6 Å². The van der Waals surface area contributed by atoms with Crippen LogP contribution in [0, 0.1) is 5.92 Å². The van der Waals surface area contributed by atoms with E-state index < -0.39 is 0 Å². The molecule has 0 bridgehead atoms. The van der Waals surface area contributed by atoms with Crippen molar-refractivity contribution in [3.63, 3.8) is 0 Å². The van der Waals surface area contributed by atoms with Crippen molar-refractivity contribution >= 4 is 17.7 Å². The number of hydrogen-bond donors (Lipinski definition) is 1. The molecule has 3 nitrogen and oxygen atoms in total. The lowest BCUT2D eigenvalue weighted by Gasteiger charge is -2.32. The summed E-state index contributed by atoms with van der Waals surface area (Å²) in [6.45, 7) is 1.75. The van der Waals surface area contributed by atoms with E-state index in [-0.39, 0.29) is 0 Å². The van der Waals surface area contributed by atoms with Gasteiger partial charge in [0.25, 0.3) is 0 Å². The maximum atomic E-state index is 12.1. The molecule has 0 aromatic rings. The highest BCUT2D eigenvalue weighted by molar-refractivity contribution is 7.99. The normalized spacial score (nSPS) is 24.7. The lowest BCUT2D eigenvalue weighted by Crippen LogP contribution is -2.43. The van der Waals surface area contributed by atoms with Gasteiger partial charge in [0.1, 0.15) is 0 Å². The smallest absolute Gasteiger partial charge is 0.222 e.